The number of amides is 1. The molecule has 6 heteroatoms. The number of hydrogen-bond donors (Lipinski definition) is 2. The summed E-state index contributed by atoms with van der Waals surface area (Å²) in [5, 5.41) is 5.01. The van der Waals surface area contributed by atoms with Crippen LogP contribution in [0.5, 0.6) is 11.5 Å². The molecular weight excluding hydrogens is 354 g/mol. The Kier molecular flexibility index (Phi) is 4.85. The standard InChI is InChI=1S/C22H21N3O3/c1-27-20-8-7-14(11-21(20)28-2)9-10-23-22(26)18-12-16-15-5-3-4-6-17(15)25-19(16)13-24-18/h3-8,11-13,25H,9-10H2,1-2H3,(H,23,26). The van der Waals surface area contributed by atoms with E-state index in [0.29, 0.717) is 30.2 Å². The number of pyridine rings is 1. The number of benzene rings is 2. The van der Waals surface area contributed by atoms with Crippen LogP contribution in [0.4, 0.5) is 0 Å². The molecule has 0 unspecified atom stereocenters. The second kappa shape index (κ2) is 7.60. The third-order valence-corrected chi connectivity index (χ3v) is 4.77. The van der Waals surface area contributed by atoms with Crippen LogP contribution < -0.4 is 14.8 Å². The fourth-order valence-electron chi connectivity index (χ4n) is 3.32. The van der Waals surface area contributed by atoms with E-state index in [1.807, 2.05) is 48.5 Å². The molecule has 0 aliphatic carbocycles. The lowest BCUT2D eigenvalue weighted by atomic mass is 10.1. The molecule has 2 heterocycles. The molecule has 1 amide bonds. The predicted octanol–water partition coefficient (Wildman–Crippen LogP) is 3.71. The van der Waals surface area contributed by atoms with Gasteiger partial charge in [-0.25, -0.2) is 4.98 Å². The molecule has 6 nitrogen and oxygen atoms in total. The number of nitrogens with one attached hydrogen (secondary N) is 2. The highest BCUT2D eigenvalue weighted by molar-refractivity contribution is 6.09. The van der Waals surface area contributed by atoms with E-state index in [2.05, 4.69) is 15.3 Å². The minimum atomic E-state index is -0.187. The summed E-state index contributed by atoms with van der Waals surface area (Å²) >= 11 is 0. The number of rotatable bonds is 6. The zero-order chi connectivity index (χ0) is 19.5. The highest BCUT2D eigenvalue weighted by Gasteiger charge is 2.11. The van der Waals surface area contributed by atoms with E-state index < -0.39 is 0 Å². The molecule has 0 saturated heterocycles. The highest BCUT2D eigenvalue weighted by Crippen LogP contribution is 2.28. The van der Waals surface area contributed by atoms with Gasteiger partial charge in [-0.1, -0.05) is 24.3 Å². The van der Waals surface area contributed by atoms with Crippen molar-refractivity contribution in [3.8, 4) is 11.5 Å². The van der Waals surface area contributed by atoms with Gasteiger partial charge in [-0.3, -0.25) is 4.79 Å². The third kappa shape index (κ3) is 3.36. The van der Waals surface area contributed by atoms with Gasteiger partial charge >= 0.3 is 0 Å². The quantitative estimate of drug-likeness (QED) is 0.539. The van der Waals surface area contributed by atoms with Gasteiger partial charge in [0.15, 0.2) is 11.5 Å². The lowest BCUT2D eigenvalue weighted by Crippen LogP contribution is -2.26. The van der Waals surface area contributed by atoms with E-state index in [4.69, 9.17) is 9.47 Å². The molecule has 2 N–H and O–H groups in total. The van der Waals surface area contributed by atoms with Crippen molar-refractivity contribution in [2.24, 2.45) is 0 Å². The van der Waals surface area contributed by atoms with Crippen molar-refractivity contribution in [3.05, 3.63) is 66.0 Å². The monoisotopic (exact) mass is 375 g/mol. The first kappa shape index (κ1) is 17.9. The Bertz CT molecular complexity index is 1150. The van der Waals surface area contributed by atoms with Gasteiger partial charge in [0.1, 0.15) is 5.69 Å². The maximum atomic E-state index is 12.5. The minimum Gasteiger partial charge on any atom is -0.493 e. The average molecular weight is 375 g/mol. The molecule has 0 bridgehead atoms. The van der Waals surface area contributed by atoms with Crippen LogP contribution in [-0.4, -0.2) is 36.6 Å². The number of aromatic amines is 1. The maximum Gasteiger partial charge on any atom is 0.269 e. The molecular formula is C22H21N3O3. The van der Waals surface area contributed by atoms with E-state index in [1.165, 1.54) is 0 Å². The molecule has 0 aliphatic rings. The van der Waals surface area contributed by atoms with E-state index in [-0.39, 0.29) is 5.91 Å². The topological polar surface area (TPSA) is 76.2 Å². The number of aromatic nitrogens is 2. The first-order valence-electron chi connectivity index (χ1n) is 9.05. The largest absolute Gasteiger partial charge is 0.493 e. The van der Waals surface area contributed by atoms with Crippen molar-refractivity contribution in [1.82, 2.24) is 15.3 Å². The maximum absolute atomic E-state index is 12.5. The van der Waals surface area contributed by atoms with Gasteiger partial charge in [-0.2, -0.15) is 0 Å². The Morgan fingerprint density at radius 3 is 2.64 bits per heavy atom. The number of fused-ring (bicyclic) bond motifs is 3. The average Bonchev–Trinajstić information content (AvgIpc) is 3.11. The van der Waals surface area contributed by atoms with E-state index in [1.54, 1.807) is 20.4 Å². The van der Waals surface area contributed by atoms with Crippen molar-refractivity contribution in [2.75, 3.05) is 20.8 Å². The lowest BCUT2D eigenvalue weighted by Gasteiger charge is -2.10. The number of para-hydroxylation sites is 1. The molecule has 0 saturated carbocycles. The van der Waals surface area contributed by atoms with Crippen molar-refractivity contribution >= 4 is 27.7 Å². The van der Waals surface area contributed by atoms with Crippen LogP contribution in [-0.2, 0) is 6.42 Å². The summed E-state index contributed by atoms with van der Waals surface area (Å²) < 4.78 is 10.6. The number of ether oxygens (including phenoxy) is 2. The molecule has 2 aromatic heterocycles. The molecule has 0 spiro atoms. The molecule has 4 rings (SSSR count). The number of hydrogen-bond acceptors (Lipinski definition) is 4. The van der Waals surface area contributed by atoms with E-state index >= 15 is 0 Å². The fourth-order valence-corrected chi connectivity index (χ4v) is 3.32. The minimum absolute atomic E-state index is 0.187. The fraction of sp³-hybridized carbons (Fsp3) is 0.182. The molecule has 0 atom stereocenters. The Balaban J connectivity index is 1.46. The number of methoxy groups -OCH3 is 2. The van der Waals surface area contributed by atoms with Crippen LogP contribution in [0.2, 0.25) is 0 Å². The lowest BCUT2D eigenvalue weighted by molar-refractivity contribution is 0.0949. The molecule has 142 valence electrons. The number of nitrogens with zero attached hydrogens (tertiary/aromatic N) is 1. The summed E-state index contributed by atoms with van der Waals surface area (Å²) in [7, 11) is 3.21. The van der Waals surface area contributed by atoms with Gasteiger partial charge in [-0.15, -0.1) is 0 Å². The number of carbonyl (C=O) groups is 1. The van der Waals surface area contributed by atoms with Gasteiger partial charge in [0.05, 0.1) is 25.9 Å². The molecule has 0 radical (unpaired) electrons. The van der Waals surface area contributed by atoms with Gasteiger partial charge in [0, 0.05) is 22.8 Å². The summed E-state index contributed by atoms with van der Waals surface area (Å²) in [6.45, 7) is 0.502. The van der Waals surface area contributed by atoms with Crippen LogP contribution >= 0.6 is 0 Å². The van der Waals surface area contributed by atoms with Crippen molar-refractivity contribution < 1.29 is 14.3 Å². The van der Waals surface area contributed by atoms with Crippen molar-refractivity contribution in [1.29, 1.82) is 0 Å². The summed E-state index contributed by atoms with van der Waals surface area (Å²) in [4.78, 5) is 20.1. The Morgan fingerprint density at radius 2 is 1.82 bits per heavy atom. The Labute approximate surface area is 162 Å². The summed E-state index contributed by atoms with van der Waals surface area (Å²) in [5.74, 6) is 1.18. The van der Waals surface area contributed by atoms with Crippen molar-refractivity contribution in [3.63, 3.8) is 0 Å². The smallest absolute Gasteiger partial charge is 0.269 e. The van der Waals surface area contributed by atoms with E-state index in [9.17, 15) is 4.79 Å². The number of H-pyrrole nitrogens is 1. The zero-order valence-corrected chi connectivity index (χ0v) is 15.8. The van der Waals surface area contributed by atoms with Gasteiger partial charge < -0.3 is 19.8 Å². The summed E-state index contributed by atoms with van der Waals surface area (Å²) in [6, 6.07) is 15.6. The molecule has 0 aliphatic heterocycles. The summed E-state index contributed by atoms with van der Waals surface area (Å²) in [6.07, 6.45) is 2.39. The zero-order valence-electron chi connectivity index (χ0n) is 15.8. The predicted molar refractivity (Wildman–Crippen MR) is 109 cm³/mol. The molecule has 4 aromatic rings. The van der Waals surface area contributed by atoms with Gasteiger partial charge in [0.25, 0.3) is 5.91 Å². The highest BCUT2D eigenvalue weighted by atomic mass is 16.5. The van der Waals surface area contributed by atoms with Gasteiger partial charge in [0.2, 0.25) is 0 Å². The van der Waals surface area contributed by atoms with Gasteiger partial charge in [-0.05, 0) is 36.2 Å². The molecule has 28 heavy (non-hydrogen) atoms. The number of carbonyl (C=O) groups excluding carboxylic acids is 1. The van der Waals surface area contributed by atoms with Crippen molar-refractivity contribution in [2.45, 2.75) is 6.42 Å². The normalized spacial score (nSPS) is 10.9. The Hall–Kier alpha value is -3.54. The molecule has 2 aromatic carbocycles. The van der Waals surface area contributed by atoms with Crippen LogP contribution in [0.25, 0.3) is 21.8 Å². The van der Waals surface area contributed by atoms with E-state index in [0.717, 1.165) is 27.4 Å². The first-order valence-corrected chi connectivity index (χ1v) is 9.05. The summed E-state index contributed by atoms with van der Waals surface area (Å²) in [5.41, 5.74) is 3.41. The SMILES string of the molecule is COc1ccc(CCNC(=O)c2cc3c(cn2)[nH]c2ccccc23)cc1OC. The van der Waals surface area contributed by atoms with Crippen LogP contribution in [0, 0.1) is 0 Å². The molecule has 0 fully saturated rings. The second-order valence-corrected chi connectivity index (χ2v) is 6.48. The van der Waals surface area contributed by atoms with Crippen LogP contribution in [0.3, 0.4) is 0 Å². The van der Waals surface area contributed by atoms with Crippen LogP contribution in [0.15, 0.2) is 54.7 Å². The second-order valence-electron chi connectivity index (χ2n) is 6.48. The first-order chi connectivity index (χ1) is 13.7. The third-order valence-electron chi connectivity index (χ3n) is 4.77. The Morgan fingerprint density at radius 1 is 1.00 bits per heavy atom. The van der Waals surface area contributed by atoms with Crippen LogP contribution in [0.1, 0.15) is 16.1 Å².